The van der Waals surface area contributed by atoms with Gasteiger partial charge in [-0.2, -0.15) is 12.8 Å². The average molecular weight is 371 g/mol. The summed E-state index contributed by atoms with van der Waals surface area (Å²) in [4.78, 5) is 20.9. The van der Waals surface area contributed by atoms with Crippen LogP contribution in [0.1, 0.15) is 0 Å². The van der Waals surface area contributed by atoms with Gasteiger partial charge >= 0.3 is 0 Å². The van der Waals surface area contributed by atoms with Crippen molar-refractivity contribution in [1.29, 1.82) is 0 Å². The zero-order valence-corrected chi connectivity index (χ0v) is 12.7. The molecule has 0 aromatic heterocycles. The number of nitrogens with zero attached hydrogens (tertiary/aromatic N) is 2. The first-order valence-electron chi connectivity index (χ1n) is 5.48. The molecule has 0 bridgehead atoms. The quantitative estimate of drug-likeness (QED) is 0.460. The first-order valence-corrected chi connectivity index (χ1v) is 7.72. The highest BCUT2D eigenvalue weighted by Crippen LogP contribution is 2.20. The fourth-order valence-electron chi connectivity index (χ4n) is 1.50. The van der Waals surface area contributed by atoms with Crippen molar-refractivity contribution in [3.8, 4) is 0 Å². The van der Waals surface area contributed by atoms with Crippen molar-refractivity contribution >= 4 is 43.1 Å². The van der Waals surface area contributed by atoms with Gasteiger partial charge in [0.1, 0.15) is 0 Å². The number of nitro benzene ring substituents is 1. The number of carbonyl (C=O) groups is 1. The normalized spacial score (nSPS) is 16.9. The second-order valence-electron chi connectivity index (χ2n) is 3.94. The van der Waals surface area contributed by atoms with Crippen molar-refractivity contribution < 1.29 is 18.1 Å². The molecule has 1 aromatic rings. The molecule has 0 radical (unpaired) electrons. The van der Waals surface area contributed by atoms with Crippen molar-refractivity contribution in [1.82, 2.24) is 0 Å². The van der Waals surface area contributed by atoms with Gasteiger partial charge in [-0.3, -0.25) is 14.9 Å². The van der Waals surface area contributed by atoms with Crippen LogP contribution in [0, 0.1) is 10.1 Å². The van der Waals surface area contributed by atoms with Crippen LogP contribution in [0.5, 0.6) is 0 Å². The molecule has 0 heterocycles. The van der Waals surface area contributed by atoms with Gasteiger partial charge in [-0.05, 0) is 40.2 Å². The SMILES string of the molecule is O=C1C=C/C(=N\S(=O)(=O)c2cccc([N+](=O)[O-])c2)C=C1Br. The topological polar surface area (TPSA) is 107 Å². The van der Waals surface area contributed by atoms with E-state index in [0.717, 1.165) is 6.07 Å². The number of non-ortho nitro benzene ring substituents is 1. The van der Waals surface area contributed by atoms with Crippen LogP contribution < -0.4 is 0 Å². The minimum absolute atomic E-state index is 0.0491. The summed E-state index contributed by atoms with van der Waals surface area (Å²) in [6.07, 6.45) is 3.69. The molecular weight excluding hydrogens is 364 g/mol. The molecule has 108 valence electrons. The van der Waals surface area contributed by atoms with E-state index in [2.05, 4.69) is 20.3 Å². The van der Waals surface area contributed by atoms with Crippen LogP contribution in [0.2, 0.25) is 0 Å². The molecule has 0 saturated carbocycles. The Morgan fingerprint density at radius 3 is 2.57 bits per heavy atom. The number of carbonyl (C=O) groups excluding carboxylic acids is 1. The highest BCUT2D eigenvalue weighted by atomic mass is 79.9. The Morgan fingerprint density at radius 1 is 1.24 bits per heavy atom. The van der Waals surface area contributed by atoms with Gasteiger partial charge in [0.15, 0.2) is 5.78 Å². The van der Waals surface area contributed by atoms with Crippen LogP contribution >= 0.6 is 15.9 Å². The van der Waals surface area contributed by atoms with Crippen LogP contribution in [0.15, 0.2) is 56.3 Å². The number of allylic oxidation sites excluding steroid dienone is 4. The summed E-state index contributed by atoms with van der Waals surface area (Å²) in [7, 11) is -4.10. The highest BCUT2D eigenvalue weighted by molar-refractivity contribution is 9.12. The average Bonchev–Trinajstić information content (AvgIpc) is 2.43. The number of sulfonamides is 1. The summed E-state index contributed by atoms with van der Waals surface area (Å²) < 4.78 is 27.9. The lowest BCUT2D eigenvalue weighted by atomic mass is 10.2. The summed E-state index contributed by atoms with van der Waals surface area (Å²) in [5, 5.41) is 10.7. The Morgan fingerprint density at radius 2 is 1.95 bits per heavy atom. The van der Waals surface area contributed by atoms with Crippen molar-refractivity contribution in [2.45, 2.75) is 4.90 Å². The molecule has 0 unspecified atom stereocenters. The zero-order chi connectivity index (χ0) is 15.6. The lowest BCUT2D eigenvalue weighted by molar-refractivity contribution is -0.385. The summed E-state index contributed by atoms with van der Waals surface area (Å²) >= 11 is 2.98. The number of hydrogen-bond acceptors (Lipinski definition) is 5. The van der Waals surface area contributed by atoms with E-state index in [1.807, 2.05) is 0 Å². The predicted octanol–water partition coefficient (Wildman–Crippen LogP) is 2.14. The molecule has 7 nitrogen and oxygen atoms in total. The van der Waals surface area contributed by atoms with Crippen molar-refractivity contribution in [2.24, 2.45) is 4.40 Å². The first-order chi connectivity index (χ1) is 9.79. The molecule has 0 atom stereocenters. The number of rotatable bonds is 3. The minimum atomic E-state index is -4.10. The van der Waals surface area contributed by atoms with Crippen LogP contribution in [-0.4, -0.2) is 24.8 Å². The second kappa shape index (κ2) is 5.70. The largest absolute Gasteiger partial charge is 0.289 e. The van der Waals surface area contributed by atoms with Crippen LogP contribution in [0.3, 0.4) is 0 Å². The first kappa shape index (κ1) is 15.3. The van der Waals surface area contributed by atoms with Gasteiger partial charge in [0.25, 0.3) is 15.7 Å². The smallest absolute Gasteiger partial charge is 0.283 e. The Balaban J connectivity index is 2.44. The van der Waals surface area contributed by atoms with Gasteiger partial charge in [0.2, 0.25) is 0 Å². The summed E-state index contributed by atoms with van der Waals surface area (Å²) in [5.74, 6) is -0.304. The van der Waals surface area contributed by atoms with E-state index >= 15 is 0 Å². The molecule has 0 amide bonds. The van der Waals surface area contributed by atoms with Gasteiger partial charge in [-0.15, -0.1) is 0 Å². The van der Waals surface area contributed by atoms with Crippen molar-refractivity contribution in [3.05, 3.63) is 57.1 Å². The standard InChI is InChI=1S/C12H7BrN2O5S/c13-11-6-8(4-5-12(11)16)14-21(19,20)10-3-1-2-9(7-10)15(17)18/h1-7H/b14-8+. The van der Waals surface area contributed by atoms with Crippen LogP contribution in [-0.2, 0) is 14.8 Å². The van der Waals surface area contributed by atoms with E-state index in [-0.39, 0.29) is 26.6 Å². The second-order valence-corrected chi connectivity index (χ2v) is 6.39. The fraction of sp³-hybridized carbons (Fsp3) is 0. The molecule has 9 heteroatoms. The van der Waals surface area contributed by atoms with E-state index < -0.39 is 14.9 Å². The molecule has 0 spiro atoms. The molecule has 2 rings (SSSR count). The van der Waals surface area contributed by atoms with E-state index in [1.165, 1.54) is 36.4 Å². The van der Waals surface area contributed by atoms with E-state index in [4.69, 9.17) is 0 Å². The Bertz CT molecular complexity index is 824. The van der Waals surface area contributed by atoms with Crippen LogP contribution in [0.25, 0.3) is 0 Å². The lowest BCUT2D eigenvalue weighted by Crippen LogP contribution is -2.07. The third-order valence-electron chi connectivity index (χ3n) is 2.47. The maximum atomic E-state index is 12.1. The lowest BCUT2D eigenvalue weighted by Gasteiger charge is -2.03. The number of benzene rings is 1. The zero-order valence-electron chi connectivity index (χ0n) is 10.3. The van der Waals surface area contributed by atoms with Gasteiger partial charge in [-0.25, -0.2) is 0 Å². The summed E-state index contributed by atoms with van der Waals surface area (Å²) in [6.45, 7) is 0. The maximum absolute atomic E-state index is 12.1. The highest BCUT2D eigenvalue weighted by Gasteiger charge is 2.18. The van der Waals surface area contributed by atoms with Crippen molar-refractivity contribution in [2.75, 3.05) is 0 Å². The van der Waals surface area contributed by atoms with E-state index in [9.17, 15) is 23.3 Å². The monoisotopic (exact) mass is 370 g/mol. The van der Waals surface area contributed by atoms with Gasteiger partial charge < -0.3 is 0 Å². The Hall–Kier alpha value is -2.13. The molecule has 0 fully saturated rings. The molecule has 0 aliphatic heterocycles. The third-order valence-corrected chi connectivity index (χ3v) is 4.39. The molecule has 1 aromatic carbocycles. The predicted molar refractivity (Wildman–Crippen MR) is 78.9 cm³/mol. The Labute approximate surface area is 128 Å². The minimum Gasteiger partial charge on any atom is -0.289 e. The van der Waals surface area contributed by atoms with Gasteiger partial charge in [0, 0.05) is 12.1 Å². The van der Waals surface area contributed by atoms with Crippen LogP contribution in [0.4, 0.5) is 5.69 Å². The number of ketones is 1. The maximum Gasteiger partial charge on any atom is 0.283 e. The summed E-state index contributed by atoms with van der Waals surface area (Å²) in [5.41, 5.74) is -0.296. The summed E-state index contributed by atoms with van der Waals surface area (Å²) in [6, 6.07) is 4.58. The third kappa shape index (κ3) is 3.50. The molecule has 0 saturated heterocycles. The number of halogens is 1. The van der Waals surface area contributed by atoms with Gasteiger partial charge in [0.05, 0.1) is 20.0 Å². The molecule has 21 heavy (non-hydrogen) atoms. The fourth-order valence-corrected chi connectivity index (χ4v) is 2.88. The number of nitro groups is 1. The molecule has 1 aliphatic carbocycles. The van der Waals surface area contributed by atoms with Crippen molar-refractivity contribution in [3.63, 3.8) is 0 Å². The molecule has 0 N–H and O–H groups in total. The van der Waals surface area contributed by atoms with E-state index in [0.29, 0.717) is 0 Å². The molecular formula is C12H7BrN2O5S. The Kier molecular flexibility index (Phi) is 4.14. The molecule has 1 aliphatic rings. The van der Waals surface area contributed by atoms with Gasteiger partial charge in [-0.1, -0.05) is 6.07 Å². The number of hydrogen-bond donors (Lipinski definition) is 0. The van der Waals surface area contributed by atoms with E-state index in [1.54, 1.807) is 0 Å².